The highest BCUT2D eigenvalue weighted by molar-refractivity contribution is 5.73. The number of benzene rings is 2. The molecule has 0 radical (unpaired) electrons. The molecule has 1 heterocycles. The van der Waals surface area contributed by atoms with Crippen molar-refractivity contribution in [1.29, 1.82) is 10.5 Å². The number of aromatic nitrogens is 1. The van der Waals surface area contributed by atoms with Gasteiger partial charge in [0.25, 0.3) is 0 Å². The molecule has 2 aromatic carbocycles. The van der Waals surface area contributed by atoms with Gasteiger partial charge in [0, 0.05) is 30.6 Å². The Morgan fingerprint density at radius 1 is 0.833 bits per heavy atom. The average Bonchev–Trinajstić information content (AvgIpc) is 2.63. The minimum atomic E-state index is -0.127. The van der Waals surface area contributed by atoms with Gasteiger partial charge < -0.3 is 4.57 Å². The van der Waals surface area contributed by atoms with Crippen LogP contribution < -0.4 is 5.43 Å². The van der Waals surface area contributed by atoms with E-state index in [4.69, 9.17) is 10.5 Å². The van der Waals surface area contributed by atoms with E-state index < -0.39 is 0 Å². The normalized spacial score (nSPS) is 9.96. The molecule has 1 aromatic heterocycles. The lowest BCUT2D eigenvalue weighted by Crippen LogP contribution is -2.11. The van der Waals surface area contributed by atoms with Crippen LogP contribution in [0.1, 0.15) is 11.1 Å². The highest BCUT2D eigenvalue weighted by Crippen LogP contribution is 2.22. The molecule has 0 aliphatic carbocycles. The molecule has 0 amide bonds. The van der Waals surface area contributed by atoms with Crippen LogP contribution in [0.5, 0.6) is 0 Å². The summed E-state index contributed by atoms with van der Waals surface area (Å²) in [5.41, 5.74) is 3.33. The first-order chi connectivity index (χ1) is 11.6. The predicted molar refractivity (Wildman–Crippen MR) is 92.0 cm³/mol. The van der Waals surface area contributed by atoms with E-state index in [1.807, 2.05) is 23.7 Å². The van der Waals surface area contributed by atoms with Gasteiger partial charge in [-0.2, -0.15) is 10.5 Å². The summed E-state index contributed by atoms with van der Waals surface area (Å²) >= 11 is 0. The van der Waals surface area contributed by atoms with E-state index in [0.29, 0.717) is 33.4 Å². The molecule has 4 nitrogen and oxygen atoms in total. The van der Waals surface area contributed by atoms with Crippen LogP contribution in [0, 0.1) is 22.7 Å². The lowest BCUT2D eigenvalue weighted by Gasteiger charge is -2.09. The maximum atomic E-state index is 12.9. The molecular weight excluding hydrogens is 298 g/mol. The molecule has 0 unspecified atom stereocenters. The first kappa shape index (κ1) is 15.3. The summed E-state index contributed by atoms with van der Waals surface area (Å²) in [6.45, 7) is 0. The van der Waals surface area contributed by atoms with Crippen LogP contribution in [0.3, 0.4) is 0 Å². The van der Waals surface area contributed by atoms with Crippen LogP contribution in [-0.2, 0) is 7.05 Å². The third-order valence-electron chi connectivity index (χ3n) is 3.76. The first-order valence-corrected chi connectivity index (χ1v) is 7.34. The molecule has 0 saturated carbocycles. The van der Waals surface area contributed by atoms with E-state index in [-0.39, 0.29) is 5.43 Å². The fourth-order valence-electron chi connectivity index (χ4n) is 2.63. The molecular formula is C20H13N3O. The third kappa shape index (κ3) is 2.82. The maximum absolute atomic E-state index is 12.9. The SMILES string of the molecule is Cn1cc(-c2cccc(C#N)c2)c(=O)c(-c2cccc(C#N)c2)c1. The molecule has 0 aliphatic rings. The molecule has 0 atom stereocenters. The molecule has 0 bridgehead atoms. The smallest absolute Gasteiger partial charge is 0.197 e. The van der Waals surface area contributed by atoms with Crippen molar-refractivity contribution < 1.29 is 0 Å². The Balaban J connectivity index is 2.24. The molecule has 24 heavy (non-hydrogen) atoms. The lowest BCUT2D eigenvalue weighted by molar-refractivity contribution is 0.904. The quantitative estimate of drug-likeness (QED) is 0.727. The van der Waals surface area contributed by atoms with E-state index in [2.05, 4.69) is 12.1 Å². The molecule has 3 rings (SSSR count). The third-order valence-corrected chi connectivity index (χ3v) is 3.76. The Morgan fingerprint density at radius 2 is 1.29 bits per heavy atom. The van der Waals surface area contributed by atoms with Gasteiger partial charge in [0.05, 0.1) is 23.3 Å². The molecule has 4 heteroatoms. The Bertz CT molecular complexity index is 983. The second-order valence-corrected chi connectivity index (χ2v) is 5.47. The molecule has 0 saturated heterocycles. The van der Waals surface area contributed by atoms with Crippen LogP contribution in [0.25, 0.3) is 22.3 Å². The van der Waals surface area contributed by atoms with Crippen molar-refractivity contribution in [3.63, 3.8) is 0 Å². The number of nitriles is 2. The largest absolute Gasteiger partial charge is 0.356 e. The minimum Gasteiger partial charge on any atom is -0.356 e. The number of nitrogens with zero attached hydrogens (tertiary/aromatic N) is 3. The van der Waals surface area contributed by atoms with E-state index >= 15 is 0 Å². The molecule has 0 spiro atoms. The number of rotatable bonds is 2. The highest BCUT2D eigenvalue weighted by Gasteiger charge is 2.11. The van der Waals surface area contributed by atoms with Gasteiger partial charge in [-0.3, -0.25) is 4.79 Å². The van der Waals surface area contributed by atoms with Crippen LogP contribution in [-0.4, -0.2) is 4.57 Å². The summed E-state index contributed by atoms with van der Waals surface area (Å²) in [5, 5.41) is 18.1. The van der Waals surface area contributed by atoms with Crippen molar-refractivity contribution >= 4 is 0 Å². The van der Waals surface area contributed by atoms with Crippen molar-refractivity contribution in [2.45, 2.75) is 0 Å². The van der Waals surface area contributed by atoms with Crippen molar-refractivity contribution in [1.82, 2.24) is 4.57 Å². The number of aryl methyl sites for hydroxylation is 1. The van der Waals surface area contributed by atoms with Gasteiger partial charge in [-0.15, -0.1) is 0 Å². The molecule has 0 aliphatic heterocycles. The maximum Gasteiger partial charge on any atom is 0.197 e. The Kier molecular flexibility index (Phi) is 3.97. The number of hydrogen-bond acceptors (Lipinski definition) is 3. The van der Waals surface area contributed by atoms with Gasteiger partial charge >= 0.3 is 0 Å². The molecule has 0 N–H and O–H groups in total. The summed E-state index contributed by atoms with van der Waals surface area (Å²) in [4.78, 5) is 12.9. The van der Waals surface area contributed by atoms with Crippen molar-refractivity contribution in [2.75, 3.05) is 0 Å². The lowest BCUT2D eigenvalue weighted by atomic mass is 9.99. The van der Waals surface area contributed by atoms with E-state index in [1.54, 1.807) is 48.8 Å². The van der Waals surface area contributed by atoms with E-state index in [9.17, 15) is 4.79 Å². The zero-order valence-electron chi connectivity index (χ0n) is 13.0. The van der Waals surface area contributed by atoms with Crippen LogP contribution in [0.4, 0.5) is 0 Å². The monoisotopic (exact) mass is 311 g/mol. The summed E-state index contributed by atoms with van der Waals surface area (Å²) in [6.07, 6.45) is 3.49. The van der Waals surface area contributed by atoms with Crippen molar-refractivity contribution in [2.24, 2.45) is 7.05 Å². The first-order valence-electron chi connectivity index (χ1n) is 7.34. The Labute approximate surface area is 139 Å². The second-order valence-electron chi connectivity index (χ2n) is 5.47. The zero-order valence-corrected chi connectivity index (χ0v) is 13.0. The highest BCUT2D eigenvalue weighted by atomic mass is 16.1. The average molecular weight is 311 g/mol. The number of hydrogen-bond donors (Lipinski definition) is 0. The topological polar surface area (TPSA) is 69.6 Å². The second kappa shape index (κ2) is 6.24. The summed E-state index contributed by atoms with van der Waals surface area (Å²) in [5.74, 6) is 0. The van der Waals surface area contributed by atoms with Gasteiger partial charge in [-0.1, -0.05) is 24.3 Å². The fraction of sp³-hybridized carbons (Fsp3) is 0.0500. The van der Waals surface area contributed by atoms with Crippen LogP contribution in [0.15, 0.2) is 65.7 Å². The summed E-state index contributed by atoms with van der Waals surface area (Å²) < 4.78 is 1.81. The van der Waals surface area contributed by atoms with Gasteiger partial charge in [-0.25, -0.2) is 0 Å². The minimum absolute atomic E-state index is 0.127. The van der Waals surface area contributed by atoms with Gasteiger partial charge in [0.15, 0.2) is 5.43 Å². The predicted octanol–water partition coefficient (Wildman–Crippen LogP) is 3.46. The molecule has 3 aromatic rings. The molecule has 0 fully saturated rings. The van der Waals surface area contributed by atoms with Gasteiger partial charge in [0.2, 0.25) is 0 Å². The number of pyridine rings is 1. The Hall–Kier alpha value is -3.63. The standard InChI is InChI=1S/C20H13N3O/c1-23-12-18(16-6-2-4-14(8-16)10-21)20(24)19(13-23)17-7-3-5-15(9-17)11-22/h2-9,12-13H,1H3. The fourth-order valence-corrected chi connectivity index (χ4v) is 2.63. The Morgan fingerprint density at radius 3 is 1.71 bits per heavy atom. The van der Waals surface area contributed by atoms with Crippen molar-refractivity contribution in [3.05, 3.63) is 82.3 Å². The van der Waals surface area contributed by atoms with E-state index in [1.165, 1.54) is 0 Å². The van der Waals surface area contributed by atoms with Crippen LogP contribution >= 0.6 is 0 Å². The zero-order chi connectivity index (χ0) is 17.1. The van der Waals surface area contributed by atoms with E-state index in [0.717, 1.165) is 0 Å². The van der Waals surface area contributed by atoms with Crippen LogP contribution in [0.2, 0.25) is 0 Å². The molecule has 114 valence electrons. The van der Waals surface area contributed by atoms with Gasteiger partial charge in [0.1, 0.15) is 0 Å². The summed E-state index contributed by atoms with van der Waals surface area (Å²) in [7, 11) is 1.84. The van der Waals surface area contributed by atoms with Crippen molar-refractivity contribution in [3.8, 4) is 34.4 Å². The van der Waals surface area contributed by atoms with Gasteiger partial charge in [-0.05, 0) is 35.4 Å². The summed E-state index contributed by atoms with van der Waals surface area (Å²) in [6, 6.07) is 18.1.